The summed E-state index contributed by atoms with van der Waals surface area (Å²) in [5.74, 6) is -1.38. The van der Waals surface area contributed by atoms with Gasteiger partial charge in [0.2, 0.25) is 5.91 Å². The minimum absolute atomic E-state index is 0.102. The van der Waals surface area contributed by atoms with Crippen molar-refractivity contribution in [3.05, 3.63) is 54.1 Å². The third-order valence-electron chi connectivity index (χ3n) is 4.08. The number of esters is 1. The van der Waals surface area contributed by atoms with Gasteiger partial charge in [0.1, 0.15) is 5.01 Å². The highest BCUT2D eigenvalue weighted by Crippen LogP contribution is 2.32. The first-order valence-corrected chi connectivity index (χ1v) is 9.38. The highest BCUT2D eigenvalue weighted by Gasteiger charge is 2.19. The molecule has 0 aliphatic carbocycles. The van der Waals surface area contributed by atoms with Gasteiger partial charge in [-0.05, 0) is 18.2 Å². The van der Waals surface area contributed by atoms with Crippen LogP contribution in [0.15, 0.2) is 48.5 Å². The number of carbonyl (C=O) groups excluding carboxylic acids is 3. The number of rotatable bonds is 6. The molecule has 144 valence electrons. The Bertz CT molecular complexity index is 998. The minimum atomic E-state index is -0.614. The van der Waals surface area contributed by atoms with Gasteiger partial charge in [-0.25, -0.2) is 9.78 Å². The van der Waals surface area contributed by atoms with Crippen molar-refractivity contribution < 1.29 is 19.1 Å². The van der Waals surface area contributed by atoms with Crippen molar-refractivity contribution in [3.63, 3.8) is 0 Å². The summed E-state index contributed by atoms with van der Waals surface area (Å²) in [4.78, 5) is 41.8. The van der Waals surface area contributed by atoms with Crippen LogP contribution in [0.25, 0.3) is 20.8 Å². The predicted octanol–water partition coefficient (Wildman–Crippen LogP) is 2.32. The van der Waals surface area contributed by atoms with E-state index in [0.717, 1.165) is 10.2 Å². The summed E-state index contributed by atoms with van der Waals surface area (Å²) in [7, 11) is 2.96. The summed E-state index contributed by atoms with van der Waals surface area (Å²) < 4.78 is 6.20. The lowest BCUT2D eigenvalue weighted by atomic mass is 10.1. The summed E-state index contributed by atoms with van der Waals surface area (Å²) in [5.41, 5.74) is 1.85. The van der Waals surface area contributed by atoms with Crippen LogP contribution in [0.2, 0.25) is 0 Å². The van der Waals surface area contributed by atoms with E-state index in [0.29, 0.717) is 16.1 Å². The summed E-state index contributed by atoms with van der Waals surface area (Å²) >= 11 is 1.48. The van der Waals surface area contributed by atoms with E-state index in [-0.39, 0.29) is 12.5 Å². The molecule has 3 rings (SSSR count). The number of hydrogen-bond acceptors (Lipinski definition) is 6. The fraction of sp³-hybridized carbons (Fsp3) is 0.200. The molecule has 8 heteroatoms. The number of amides is 2. The Balaban J connectivity index is 1.74. The van der Waals surface area contributed by atoms with Gasteiger partial charge >= 0.3 is 5.97 Å². The van der Waals surface area contributed by atoms with Crippen LogP contribution in [-0.4, -0.2) is 54.9 Å². The summed E-state index contributed by atoms with van der Waals surface area (Å²) in [6, 6.07) is 14.7. The lowest BCUT2D eigenvalue weighted by Crippen LogP contribution is -2.39. The molecule has 2 amide bonds. The van der Waals surface area contributed by atoms with Crippen molar-refractivity contribution in [2.24, 2.45) is 0 Å². The molecule has 0 radical (unpaired) electrons. The summed E-state index contributed by atoms with van der Waals surface area (Å²) in [5, 5.41) is 3.14. The number of aromatic nitrogens is 1. The molecule has 0 bridgehead atoms. The summed E-state index contributed by atoms with van der Waals surface area (Å²) in [6.07, 6.45) is 0. The van der Waals surface area contributed by atoms with Crippen LogP contribution in [0.4, 0.5) is 0 Å². The number of carbonyl (C=O) groups is 3. The standard InChI is InChI=1S/C20H19N3O4S/c1-21-17(24)11-23(2)18(25)12-27-20(26)14-8-4-3-7-13(14)19-22-15-9-5-6-10-16(15)28-19/h3-10H,11-12H2,1-2H3,(H,21,24). The number of thiazole rings is 1. The molecule has 3 aromatic rings. The number of ether oxygens (including phenoxy) is 1. The average molecular weight is 397 g/mol. The normalized spacial score (nSPS) is 10.5. The van der Waals surface area contributed by atoms with Gasteiger partial charge in [0, 0.05) is 19.7 Å². The quantitative estimate of drug-likeness (QED) is 0.645. The van der Waals surface area contributed by atoms with Gasteiger partial charge in [0.05, 0.1) is 22.3 Å². The monoisotopic (exact) mass is 397 g/mol. The molecule has 1 aromatic heterocycles. The van der Waals surface area contributed by atoms with Crippen LogP contribution >= 0.6 is 11.3 Å². The first kappa shape index (κ1) is 19.5. The molecule has 0 aliphatic rings. The summed E-state index contributed by atoms with van der Waals surface area (Å²) in [6.45, 7) is -0.546. The zero-order chi connectivity index (χ0) is 20.1. The van der Waals surface area contributed by atoms with Crippen LogP contribution in [-0.2, 0) is 14.3 Å². The van der Waals surface area contributed by atoms with Gasteiger partial charge < -0.3 is 15.0 Å². The van der Waals surface area contributed by atoms with E-state index in [1.54, 1.807) is 18.2 Å². The largest absolute Gasteiger partial charge is 0.452 e. The minimum Gasteiger partial charge on any atom is -0.452 e. The lowest BCUT2D eigenvalue weighted by molar-refractivity contribution is -0.137. The predicted molar refractivity (Wildman–Crippen MR) is 107 cm³/mol. The number of likely N-dealkylation sites (N-methyl/N-ethyl adjacent to an activating group) is 2. The molecule has 0 saturated heterocycles. The first-order chi connectivity index (χ1) is 13.5. The molecule has 0 aliphatic heterocycles. The smallest absolute Gasteiger partial charge is 0.339 e. The number of hydrogen-bond donors (Lipinski definition) is 1. The SMILES string of the molecule is CNC(=O)CN(C)C(=O)COC(=O)c1ccccc1-c1nc2ccccc2s1. The second-order valence-corrected chi connectivity index (χ2v) is 7.06. The third kappa shape index (κ3) is 4.34. The Labute approximate surface area is 165 Å². The molecule has 1 heterocycles. The Morgan fingerprint density at radius 1 is 1.11 bits per heavy atom. The molecular weight excluding hydrogens is 378 g/mol. The Kier molecular flexibility index (Phi) is 6.00. The Morgan fingerprint density at radius 3 is 2.57 bits per heavy atom. The van der Waals surface area contributed by atoms with Crippen molar-refractivity contribution in [2.45, 2.75) is 0 Å². The maximum absolute atomic E-state index is 12.6. The first-order valence-electron chi connectivity index (χ1n) is 8.56. The van der Waals surface area contributed by atoms with Crippen molar-refractivity contribution in [1.82, 2.24) is 15.2 Å². The van der Waals surface area contributed by atoms with E-state index in [2.05, 4.69) is 10.3 Å². The van der Waals surface area contributed by atoms with Crippen molar-refractivity contribution in [1.29, 1.82) is 0 Å². The highest BCUT2D eigenvalue weighted by molar-refractivity contribution is 7.21. The van der Waals surface area contributed by atoms with E-state index in [1.807, 2.05) is 30.3 Å². The van der Waals surface area contributed by atoms with Gasteiger partial charge in [0.25, 0.3) is 5.91 Å². The van der Waals surface area contributed by atoms with E-state index >= 15 is 0 Å². The number of fused-ring (bicyclic) bond motifs is 1. The average Bonchev–Trinajstić information content (AvgIpc) is 3.15. The van der Waals surface area contributed by atoms with Gasteiger partial charge in [-0.15, -0.1) is 11.3 Å². The van der Waals surface area contributed by atoms with Crippen molar-refractivity contribution >= 4 is 39.3 Å². The second kappa shape index (κ2) is 8.62. The van der Waals surface area contributed by atoms with Crippen LogP contribution in [0.5, 0.6) is 0 Å². The molecule has 2 aromatic carbocycles. The van der Waals surface area contributed by atoms with Crippen molar-refractivity contribution in [3.8, 4) is 10.6 Å². The second-order valence-electron chi connectivity index (χ2n) is 6.03. The van der Waals surface area contributed by atoms with E-state index in [1.165, 1.54) is 30.3 Å². The maximum atomic E-state index is 12.6. The molecule has 0 spiro atoms. The fourth-order valence-corrected chi connectivity index (χ4v) is 3.54. The molecule has 7 nitrogen and oxygen atoms in total. The number of nitrogens with zero attached hydrogens (tertiary/aromatic N) is 2. The molecule has 28 heavy (non-hydrogen) atoms. The molecular formula is C20H19N3O4S. The maximum Gasteiger partial charge on any atom is 0.339 e. The molecule has 0 unspecified atom stereocenters. The molecule has 0 saturated carbocycles. The van der Waals surface area contributed by atoms with Gasteiger partial charge in [-0.2, -0.15) is 0 Å². The zero-order valence-electron chi connectivity index (χ0n) is 15.5. The van der Waals surface area contributed by atoms with E-state index < -0.39 is 18.5 Å². The lowest BCUT2D eigenvalue weighted by Gasteiger charge is -2.16. The van der Waals surface area contributed by atoms with Gasteiger partial charge in [-0.1, -0.05) is 30.3 Å². The van der Waals surface area contributed by atoms with Gasteiger partial charge in [0.15, 0.2) is 6.61 Å². The van der Waals surface area contributed by atoms with Crippen LogP contribution < -0.4 is 5.32 Å². The van der Waals surface area contributed by atoms with E-state index in [9.17, 15) is 14.4 Å². The van der Waals surface area contributed by atoms with Crippen molar-refractivity contribution in [2.75, 3.05) is 27.2 Å². The van der Waals surface area contributed by atoms with Crippen LogP contribution in [0.1, 0.15) is 10.4 Å². The van der Waals surface area contributed by atoms with Crippen LogP contribution in [0.3, 0.4) is 0 Å². The molecule has 0 atom stereocenters. The topological polar surface area (TPSA) is 88.6 Å². The van der Waals surface area contributed by atoms with Gasteiger partial charge in [-0.3, -0.25) is 9.59 Å². The Morgan fingerprint density at radius 2 is 1.82 bits per heavy atom. The number of nitrogens with one attached hydrogen (secondary N) is 1. The Hall–Kier alpha value is -3.26. The van der Waals surface area contributed by atoms with Crippen LogP contribution in [0, 0.1) is 0 Å². The number of para-hydroxylation sites is 1. The number of benzene rings is 2. The molecule has 0 fully saturated rings. The molecule has 1 N–H and O–H groups in total. The van der Waals surface area contributed by atoms with E-state index in [4.69, 9.17) is 4.74 Å². The third-order valence-corrected chi connectivity index (χ3v) is 5.15. The fourth-order valence-electron chi connectivity index (χ4n) is 2.53. The zero-order valence-corrected chi connectivity index (χ0v) is 16.3. The highest BCUT2D eigenvalue weighted by atomic mass is 32.1.